The Labute approximate surface area is 247 Å². The quantitative estimate of drug-likeness (QED) is 0.275. The molecule has 1 N–H and O–H groups in total. The van der Waals surface area contributed by atoms with Crippen LogP contribution in [0.4, 0.5) is 21.8 Å². The monoisotopic (exact) mass is 564 g/mol. The Morgan fingerprint density at radius 2 is 1.74 bits per heavy atom. The number of rotatable bonds is 8. The van der Waals surface area contributed by atoms with Crippen molar-refractivity contribution in [2.45, 2.75) is 33.2 Å². The molecule has 4 aromatic rings. The van der Waals surface area contributed by atoms with Crippen LogP contribution in [0.2, 0.25) is 0 Å². The van der Waals surface area contributed by atoms with E-state index in [4.69, 9.17) is 19.7 Å². The van der Waals surface area contributed by atoms with E-state index in [1.165, 1.54) is 17.7 Å². The molecular weight excluding hydrogens is 527 g/mol. The van der Waals surface area contributed by atoms with Crippen LogP contribution in [0.3, 0.4) is 0 Å². The van der Waals surface area contributed by atoms with Gasteiger partial charge < -0.3 is 19.9 Å². The van der Waals surface area contributed by atoms with E-state index in [0.29, 0.717) is 32.1 Å². The maximum Gasteiger partial charge on any atom is 0.224 e. The number of anilines is 2. The lowest BCUT2D eigenvalue weighted by molar-refractivity contribution is 0.331. The smallest absolute Gasteiger partial charge is 0.224 e. The normalized spacial score (nSPS) is 14.2. The van der Waals surface area contributed by atoms with E-state index in [1.807, 2.05) is 33.2 Å². The van der Waals surface area contributed by atoms with Gasteiger partial charge in [-0.1, -0.05) is 30.3 Å². The standard InChI is InChI=1S/C34H37FN6O/c1-22-17-27-8-7-26(20-31(27)37-22)25-9-12-32-28(19-25)21-41(15-16-42-32)33-30(18-24-5-10-29(35)11-6-24)23(2)38-34(39-33)36-13-14-40(3)4/h5-12,19-20H,13-18,21H2,1-4H3,(H,36,38,39). The molecule has 0 radical (unpaired) electrons. The van der Waals surface area contributed by atoms with Crippen molar-refractivity contribution in [1.29, 1.82) is 0 Å². The lowest BCUT2D eigenvalue weighted by atomic mass is 9.99. The second-order valence-electron chi connectivity index (χ2n) is 11.4. The molecule has 2 aliphatic rings. The molecule has 3 aromatic carbocycles. The first-order valence-corrected chi connectivity index (χ1v) is 14.5. The van der Waals surface area contributed by atoms with Crippen molar-refractivity contribution in [2.24, 2.45) is 4.99 Å². The van der Waals surface area contributed by atoms with Crippen LogP contribution in [0, 0.1) is 12.7 Å². The maximum absolute atomic E-state index is 13.7. The summed E-state index contributed by atoms with van der Waals surface area (Å²) in [6, 6.07) is 19.7. The topological polar surface area (TPSA) is 65.9 Å². The molecule has 0 aliphatic carbocycles. The number of ether oxygens (including phenoxy) is 1. The number of aryl methyl sites for hydroxylation is 1. The van der Waals surface area contributed by atoms with Gasteiger partial charge in [-0.25, -0.2) is 9.37 Å². The summed E-state index contributed by atoms with van der Waals surface area (Å²) < 4.78 is 19.9. The average molecular weight is 565 g/mol. The molecule has 0 atom stereocenters. The maximum atomic E-state index is 13.7. The van der Waals surface area contributed by atoms with Crippen molar-refractivity contribution in [1.82, 2.24) is 14.9 Å². The largest absolute Gasteiger partial charge is 0.491 e. The molecule has 0 amide bonds. The van der Waals surface area contributed by atoms with E-state index in [9.17, 15) is 4.39 Å². The van der Waals surface area contributed by atoms with Crippen molar-refractivity contribution in [3.05, 3.63) is 94.4 Å². The Morgan fingerprint density at radius 1 is 0.952 bits per heavy atom. The van der Waals surface area contributed by atoms with Gasteiger partial charge in [0.1, 0.15) is 24.0 Å². The lowest BCUT2D eigenvalue weighted by Gasteiger charge is -2.26. The van der Waals surface area contributed by atoms with Crippen LogP contribution in [-0.4, -0.2) is 60.9 Å². The molecule has 2 aliphatic heterocycles. The molecule has 216 valence electrons. The summed E-state index contributed by atoms with van der Waals surface area (Å²) >= 11 is 0. The third-order valence-electron chi connectivity index (χ3n) is 7.84. The number of aromatic nitrogens is 2. The summed E-state index contributed by atoms with van der Waals surface area (Å²) in [7, 11) is 4.09. The fourth-order valence-corrected chi connectivity index (χ4v) is 5.60. The van der Waals surface area contributed by atoms with Gasteiger partial charge in [-0.05, 0) is 80.5 Å². The summed E-state index contributed by atoms with van der Waals surface area (Å²) in [6.07, 6.45) is 1.53. The minimum absolute atomic E-state index is 0.241. The molecule has 0 fully saturated rings. The molecule has 42 heavy (non-hydrogen) atoms. The molecule has 0 saturated heterocycles. The highest BCUT2D eigenvalue weighted by Gasteiger charge is 2.23. The number of aliphatic imine (C=N–C) groups is 1. The van der Waals surface area contributed by atoms with E-state index in [0.717, 1.165) is 76.0 Å². The summed E-state index contributed by atoms with van der Waals surface area (Å²) in [4.78, 5) is 19.0. The second kappa shape index (κ2) is 11.9. The first-order chi connectivity index (χ1) is 20.3. The number of nitrogens with zero attached hydrogens (tertiary/aromatic N) is 5. The summed E-state index contributed by atoms with van der Waals surface area (Å²) in [5.74, 6) is 2.14. The lowest BCUT2D eigenvalue weighted by Crippen LogP contribution is -2.29. The molecule has 0 unspecified atom stereocenters. The number of halogens is 1. The van der Waals surface area contributed by atoms with Gasteiger partial charge in [0.15, 0.2) is 0 Å². The van der Waals surface area contributed by atoms with Crippen LogP contribution in [0.15, 0.2) is 65.7 Å². The van der Waals surface area contributed by atoms with E-state index in [-0.39, 0.29) is 5.82 Å². The van der Waals surface area contributed by atoms with E-state index < -0.39 is 0 Å². The highest BCUT2D eigenvalue weighted by Crippen LogP contribution is 2.36. The van der Waals surface area contributed by atoms with E-state index in [1.54, 1.807) is 0 Å². The summed E-state index contributed by atoms with van der Waals surface area (Å²) in [5, 5.41) is 3.40. The van der Waals surface area contributed by atoms with Crippen molar-refractivity contribution in [3.63, 3.8) is 0 Å². The first-order valence-electron chi connectivity index (χ1n) is 14.5. The summed E-state index contributed by atoms with van der Waals surface area (Å²) in [5.41, 5.74) is 9.84. The van der Waals surface area contributed by atoms with Crippen LogP contribution >= 0.6 is 0 Å². The van der Waals surface area contributed by atoms with Gasteiger partial charge >= 0.3 is 0 Å². The van der Waals surface area contributed by atoms with Crippen LogP contribution in [-0.2, 0) is 19.4 Å². The molecule has 0 spiro atoms. The van der Waals surface area contributed by atoms with Gasteiger partial charge in [0.05, 0.1) is 12.2 Å². The predicted molar refractivity (Wildman–Crippen MR) is 168 cm³/mol. The average Bonchev–Trinajstić information content (AvgIpc) is 3.20. The molecule has 1 aromatic heterocycles. The highest BCUT2D eigenvalue weighted by molar-refractivity contribution is 5.93. The SMILES string of the molecule is CC1=Nc2cc(-c3ccc4c(c3)CN(c3nc(NCCN(C)C)nc(C)c3Cc3ccc(F)cc3)CCO4)ccc2C1. The van der Waals surface area contributed by atoms with Gasteiger partial charge in [0.2, 0.25) is 5.95 Å². The van der Waals surface area contributed by atoms with Crippen LogP contribution < -0.4 is 15.0 Å². The number of nitrogens with one attached hydrogen (secondary N) is 1. The molecule has 0 saturated carbocycles. The molecule has 8 heteroatoms. The zero-order valence-electron chi connectivity index (χ0n) is 24.7. The fraction of sp³-hybridized carbons (Fsp3) is 0.324. The zero-order chi connectivity index (χ0) is 29.2. The van der Waals surface area contributed by atoms with Crippen LogP contribution in [0.1, 0.15) is 34.9 Å². The number of benzene rings is 3. The number of hydrogen-bond acceptors (Lipinski definition) is 7. The number of likely N-dealkylation sites (N-methyl/N-ethyl adjacent to an activating group) is 1. The van der Waals surface area contributed by atoms with Crippen LogP contribution in [0.5, 0.6) is 5.75 Å². The fourth-order valence-electron chi connectivity index (χ4n) is 5.60. The predicted octanol–water partition coefficient (Wildman–Crippen LogP) is 6.20. The van der Waals surface area contributed by atoms with Gasteiger partial charge in [0, 0.05) is 55.0 Å². The molecular formula is C34H37FN6O. The van der Waals surface area contributed by atoms with Gasteiger partial charge in [-0.3, -0.25) is 4.99 Å². The van der Waals surface area contributed by atoms with Crippen molar-refractivity contribution in [2.75, 3.05) is 50.6 Å². The van der Waals surface area contributed by atoms with Gasteiger partial charge in [-0.2, -0.15) is 4.98 Å². The van der Waals surface area contributed by atoms with Gasteiger partial charge in [0.25, 0.3) is 0 Å². The third-order valence-corrected chi connectivity index (χ3v) is 7.84. The number of fused-ring (bicyclic) bond motifs is 2. The Kier molecular flexibility index (Phi) is 7.89. The van der Waals surface area contributed by atoms with Crippen LogP contribution in [0.25, 0.3) is 11.1 Å². The minimum Gasteiger partial charge on any atom is -0.491 e. The van der Waals surface area contributed by atoms with Gasteiger partial charge in [-0.15, -0.1) is 0 Å². The Hall–Kier alpha value is -4.30. The Morgan fingerprint density at radius 3 is 2.55 bits per heavy atom. The highest BCUT2D eigenvalue weighted by atomic mass is 19.1. The summed E-state index contributed by atoms with van der Waals surface area (Å²) in [6.45, 7) is 7.59. The second-order valence-corrected chi connectivity index (χ2v) is 11.4. The van der Waals surface area contributed by atoms with Crippen molar-refractivity contribution < 1.29 is 9.13 Å². The third kappa shape index (κ3) is 6.14. The molecule has 6 rings (SSSR count). The van der Waals surface area contributed by atoms with Crippen molar-refractivity contribution >= 4 is 23.2 Å². The van der Waals surface area contributed by atoms with E-state index in [2.05, 4.69) is 58.4 Å². The molecule has 3 heterocycles. The molecule has 7 nitrogen and oxygen atoms in total. The molecule has 0 bridgehead atoms. The Balaban J connectivity index is 1.34. The van der Waals surface area contributed by atoms with Crippen molar-refractivity contribution in [3.8, 4) is 16.9 Å². The zero-order valence-corrected chi connectivity index (χ0v) is 24.7. The Bertz CT molecular complexity index is 1630. The first kappa shape index (κ1) is 27.8. The minimum atomic E-state index is -0.241. The van der Waals surface area contributed by atoms with E-state index >= 15 is 0 Å². The number of hydrogen-bond donors (Lipinski definition) is 1.